The number of halogens is 2. The van der Waals surface area contributed by atoms with Crippen LogP contribution in [0.2, 0.25) is 0 Å². The monoisotopic (exact) mass is 576 g/mol. The van der Waals surface area contributed by atoms with Gasteiger partial charge in [-0.15, -0.1) is 0 Å². The molecule has 0 spiro atoms. The third-order valence-electron chi connectivity index (χ3n) is 6.45. The molecule has 12 heteroatoms. The van der Waals surface area contributed by atoms with Crippen LogP contribution < -0.4 is 30.8 Å². The van der Waals surface area contributed by atoms with Gasteiger partial charge in [-0.25, -0.2) is 13.6 Å². The predicted octanol–water partition coefficient (Wildman–Crippen LogP) is 5.15. The Kier molecular flexibility index (Phi) is 7.69. The Morgan fingerprint density at radius 2 is 1.64 bits per heavy atom. The molecule has 0 fully saturated rings. The Hall–Kier alpha value is -5.52. The summed E-state index contributed by atoms with van der Waals surface area (Å²) in [5.41, 5.74) is -1.06. The van der Waals surface area contributed by atoms with Crippen LogP contribution in [-0.2, 0) is 6.54 Å². The summed E-state index contributed by atoms with van der Waals surface area (Å²) in [6.45, 7) is 1.56. The summed E-state index contributed by atoms with van der Waals surface area (Å²) < 4.78 is 47.0. The van der Waals surface area contributed by atoms with Gasteiger partial charge < -0.3 is 19.5 Å². The lowest BCUT2D eigenvalue weighted by Gasteiger charge is -2.14. The first kappa shape index (κ1) is 28.0. The van der Waals surface area contributed by atoms with E-state index >= 15 is 4.39 Å². The van der Waals surface area contributed by atoms with Crippen LogP contribution in [0.4, 0.5) is 14.5 Å². The lowest BCUT2D eigenvalue weighted by atomic mass is 10.1. The molecule has 5 rings (SSSR count). The largest absolute Gasteiger partial charge is 0.493 e. The number of nitrogens with zero attached hydrogens (tertiary/aromatic N) is 3. The highest BCUT2D eigenvalue weighted by Crippen LogP contribution is 2.37. The van der Waals surface area contributed by atoms with Crippen LogP contribution in [0.25, 0.3) is 16.6 Å². The molecule has 0 saturated carbocycles. The number of nitrogens with one attached hydrogen (secondary N) is 1. The van der Waals surface area contributed by atoms with Crippen LogP contribution in [-0.4, -0.2) is 34.2 Å². The molecule has 0 saturated heterocycles. The lowest BCUT2D eigenvalue weighted by molar-refractivity contribution is 0.102. The average Bonchev–Trinajstić information content (AvgIpc) is 2.98. The van der Waals surface area contributed by atoms with Crippen LogP contribution in [0.5, 0.6) is 23.0 Å². The summed E-state index contributed by atoms with van der Waals surface area (Å²) in [6.07, 6.45) is 2.58. The number of fused-ring (bicyclic) bond motifs is 1. The molecule has 0 aliphatic carbocycles. The highest BCUT2D eigenvalue weighted by atomic mass is 19.1. The van der Waals surface area contributed by atoms with Gasteiger partial charge in [-0.1, -0.05) is 0 Å². The zero-order chi connectivity index (χ0) is 30.0. The number of carbonyl (C=O) groups is 1. The fourth-order valence-corrected chi connectivity index (χ4v) is 4.34. The summed E-state index contributed by atoms with van der Waals surface area (Å²) in [5.74, 6) is -1.09. The second-order valence-electron chi connectivity index (χ2n) is 8.96. The number of methoxy groups -OCH3 is 2. The van der Waals surface area contributed by atoms with Crippen molar-refractivity contribution in [2.45, 2.75) is 13.5 Å². The van der Waals surface area contributed by atoms with Crippen molar-refractivity contribution in [2.75, 3.05) is 19.5 Å². The van der Waals surface area contributed by atoms with E-state index < -0.39 is 28.8 Å². The van der Waals surface area contributed by atoms with Crippen molar-refractivity contribution in [3.05, 3.63) is 111 Å². The molecule has 0 radical (unpaired) electrons. The number of hydrogen-bond acceptors (Lipinski definition) is 7. The molecule has 2 aromatic heterocycles. The van der Waals surface area contributed by atoms with E-state index in [0.29, 0.717) is 28.2 Å². The van der Waals surface area contributed by atoms with Crippen LogP contribution >= 0.6 is 0 Å². The molecule has 0 unspecified atom stereocenters. The Morgan fingerprint density at radius 1 is 0.929 bits per heavy atom. The third kappa shape index (κ3) is 5.29. The summed E-state index contributed by atoms with van der Waals surface area (Å²) >= 11 is 0. The molecule has 10 nitrogen and oxygen atoms in total. The molecule has 3 aromatic carbocycles. The smallest absolute Gasteiger partial charge is 0.335 e. The van der Waals surface area contributed by atoms with Crippen molar-refractivity contribution in [1.82, 2.24) is 14.1 Å². The second-order valence-corrected chi connectivity index (χ2v) is 8.96. The van der Waals surface area contributed by atoms with E-state index in [2.05, 4.69) is 10.3 Å². The van der Waals surface area contributed by atoms with Crippen molar-refractivity contribution in [2.24, 2.45) is 0 Å². The van der Waals surface area contributed by atoms with Gasteiger partial charge in [0, 0.05) is 43.6 Å². The number of anilines is 1. The first-order chi connectivity index (χ1) is 20.2. The van der Waals surface area contributed by atoms with Crippen molar-refractivity contribution in [3.8, 4) is 28.7 Å². The summed E-state index contributed by atoms with van der Waals surface area (Å²) in [6, 6.07) is 13.6. The van der Waals surface area contributed by atoms with Crippen LogP contribution in [0, 0.1) is 11.6 Å². The normalized spacial score (nSPS) is 10.9. The van der Waals surface area contributed by atoms with E-state index in [9.17, 15) is 18.8 Å². The Labute approximate surface area is 238 Å². The maximum absolute atomic E-state index is 15.1. The molecule has 42 heavy (non-hydrogen) atoms. The van der Waals surface area contributed by atoms with Crippen molar-refractivity contribution in [1.29, 1.82) is 0 Å². The minimum absolute atomic E-state index is 0. The van der Waals surface area contributed by atoms with Crippen LogP contribution in [0.15, 0.2) is 82.6 Å². The number of pyridine rings is 1. The number of carbonyl (C=O) groups excluding carboxylic acids is 1. The van der Waals surface area contributed by atoms with Crippen LogP contribution in [0.3, 0.4) is 0 Å². The summed E-state index contributed by atoms with van der Waals surface area (Å²) in [5, 5.41) is 3.03. The minimum atomic E-state index is -0.868. The van der Waals surface area contributed by atoms with E-state index in [1.165, 1.54) is 44.7 Å². The van der Waals surface area contributed by atoms with Gasteiger partial charge in [0.2, 0.25) is 0 Å². The summed E-state index contributed by atoms with van der Waals surface area (Å²) in [7, 11) is 2.99. The quantitative estimate of drug-likeness (QED) is 0.272. The van der Waals surface area contributed by atoms with Crippen molar-refractivity contribution in [3.63, 3.8) is 0 Å². The number of ether oxygens (including phenoxy) is 3. The van der Waals surface area contributed by atoms with E-state index in [4.69, 9.17) is 14.2 Å². The van der Waals surface area contributed by atoms with Gasteiger partial charge in [0.15, 0.2) is 23.1 Å². The number of aromatic nitrogens is 3. The molecule has 5 aromatic rings. The molecule has 0 aliphatic heterocycles. The van der Waals surface area contributed by atoms with E-state index in [0.717, 1.165) is 33.5 Å². The van der Waals surface area contributed by atoms with E-state index in [1.54, 1.807) is 25.1 Å². The number of hydrogen-bond donors (Lipinski definition) is 1. The zero-order valence-corrected chi connectivity index (χ0v) is 22.7. The van der Waals surface area contributed by atoms with Crippen molar-refractivity contribution >= 4 is 22.5 Å². The summed E-state index contributed by atoms with van der Waals surface area (Å²) in [4.78, 5) is 43.2. The SMILES string of the molecule is CCn1c(=O)c(C(=O)Nc2ccc(Oc3ccnc4cc(OC)c(OC)cc34)c(F)c2)cn(-c2ccc(F)cc2)c1=O.[HH]. The highest BCUT2D eigenvalue weighted by molar-refractivity contribution is 6.04. The standard InChI is InChI=1S/C30H24F2N4O6.H2/c1-4-35-29(38)21(16-36(30(35)39)19-8-5-17(31)6-9-19)28(37)34-18-7-10-25(22(32)13-18)42-24-11-12-33-23-15-27(41-3)26(40-2)14-20(23)24;/h5-16H,4H2,1-3H3,(H,34,37);1H. The maximum Gasteiger partial charge on any atom is 0.335 e. The number of benzene rings is 3. The van der Waals surface area contributed by atoms with Gasteiger partial charge in [-0.05, 0) is 55.5 Å². The average molecular weight is 577 g/mol. The van der Waals surface area contributed by atoms with Gasteiger partial charge in [0.25, 0.3) is 11.5 Å². The first-order valence-corrected chi connectivity index (χ1v) is 12.7. The molecule has 0 bridgehead atoms. The Morgan fingerprint density at radius 3 is 2.31 bits per heavy atom. The predicted molar refractivity (Wildman–Crippen MR) is 153 cm³/mol. The minimum Gasteiger partial charge on any atom is -0.493 e. The number of rotatable bonds is 8. The molecule has 2 heterocycles. The molecular weight excluding hydrogens is 550 g/mol. The zero-order valence-electron chi connectivity index (χ0n) is 22.7. The fourth-order valence-electron chi connectivity index (χ4n) is 4.34. The van der Waals surface area contributed by atoms with Gasteiger partial charge in [-0.3, -0.25) is 23.7 Å². The first-order valence-electron chi connectivity index (χ1n) is 12.7. The highest BCUT2D eigenvalue weighted by Gasteiger charge is 2.19. The third-order valence-corrected chi connectivity index (χ3v) is 6.45. The van der Waals surface area contributed by atoms with E-state index in [-0.39, 0.29) is 30.7 Å². The fraction of sp³-hybridized carbons (Fsp3) is 0.133. The molecular formula is C30H26F2N4O6. The van der Waals surface area contributed by atoms with E-state index in [1.807, 2.05) is 0 Å². The van der Waals surface area contributed by atoms with Crippen LogP contribution in [0.1, 0.15) is 18.7 Å². The van der Waals surface area contributed by atoms with Gasteiger partial charge in [0.1, 0.15) is 17.1 Å². The molecule has 0 aliphatic rings. The maximum atomic E-state index is 15.1. The lowest BCUT2D eigenvalue weighted by Crippen LogP contribution is -2.42. The second kappa shape index (κ2) is 11.5. The Balaban J connectivity index is 0.00000423. The van der Waals surface area contributed by atoms with Gasteiger partial charge >= 0.3 is 5.69 Å². The number of amides is 1. The molecule has 1 N–H and O–H groups in total. The Bertz CT molecular complexity index is 1940. The van der Waals surface area contributed by atoms with Crippen molar-refractivity contribution < 1.29 is 29.2 Å². The molecule has 216 valence electrons. The topological polar surface area (TPSA) is 114 Å². The van der Waals surface area contributed by atoms with Gasteiger partial charge in [0.05, 0.1) is 25.4 Å². The molecule has 1 amide bonds. The van der Waals surface area contributed by atoms with Gasteiger partial charge in [-0.2, -0.15) is 0 Å². The molecule has 0 atom stereocenters.